The van der Waals surface area contributed by atoms with E-state index in [0.717, 1.165) is 0 Å². The number of hydrogen-bond acceptors (Lipinski definition) is 5. The molecule has 2 rings (SSSR count). The van der Waals surface area contributed by atoms with E-state index in [9.17, 15) is 19.8 Å². The van der Waals surface area contributed by atoms with E-state index < -0.39 is 34.7 Å². The van der Waals surface area contributed by atoms with Gasteiger partial charge in [0.25, 0.3) is 0 Å². The molecule has 0 aliphatic carbocycles. The number of aliphatic carboxylic acids is 2. The number of carboxylic acid groups (broad SMARTS) is 2. The van der Waals surface area contributed by atoms with E-state index in [1.54, 1.807) is 38.1 Å². The number of benzene rings is 1. The molecule has 4 unspecified atom stereocenters. The van der Waals surface area contributed by atoms with Gasteiger partial charge in [-0.3, -0.25) is 14.6 Å². The summed E-state index contributed by atoms with van der Waals surface area (Å²) in [5, 5.41) is 20.8. The van der Waals surface area contributed by atoms with E-state index >= 15 is 0 Å². The van der Waals surface area contributed by atoms with Gasteiger partial charge in [-0.05, 0) is 31.9 Å². The number of aliphatic imine (C=N–C) groups is 1. The van der Waals surface area contributed by atoms with Crippen molar-refractivity contribution in [2.75, 3.05) is 19.8 Å². The summed E-state index contributed by atoms with van der Waals surface area (Å²) in [4.78, 5) is 29.6. The summed E-state index contributed by atoms with van der Waals surface area (Å²) < 4.78 is 5.55. The zero-order valence-corrected chi connectivity index (χ0v) is 17.1. The average Bonchev–Trinajstić information content (AvgIpc) is 2.64. The lowest BCUT2D eigenvalue weighted by atomic mass is 9.53. The Bertz CT molecular complexity index is 784. The number of hydrogen-bond donors (Lipinski definition) is 3. The lowest BCUT2D eigenvalue weighted by Gasteiger charge is -2.51. The van der Waals surface area contributed by atoms with Crippen LogP contribution in [0.25, 0.3) is 0 Å². The maximum Gasteiger partial charge on any atom is 0.315 e. The van der Waals surface area contributed by atoms with Crippen molar-refractivity contribution >= 4 is 29.3 Å². The van der Waals surface area contributed by atoms with Gasteiger partial charge in [0, 0.05) is 23.2 Å². The third-order valence-electron chi connectivity index (χ3n) is 5.97. The first-order valence-corrected chi connectivity index (χ1v) is 9.59. The molecule has 0 fully saturated rings. The number of carbonyl (C=O) groups is 2. The molecule has 0 aromatic heterocycles. The molecule has 1 aromatic rings. The lowest BCUT2D eigenvalue weighted by molar-refractivity contribution is -0.161. The van der Waals surface area contributed by atoms with Crippen LogP contribution in [-0.2, 0) is 14.3 Å². The Labute approximate surface area is 169 Å². The fourth-order valence-corrected chi connectivity index (χ4v) is 4.54. The molecule has 28 heavy (non-hydrogen) atoms. The number of halogens is 1. The fraction of sp³-hybridized carbons (Fsp3) is 0.550. The van der Waals surface area contributed by atoms with Crippen LogP contribution < -0.4 is 5.73 Å². The third-order valence-corrected chi connectivity index (χ3v) is 6.31. The minimum absolute atomic E-state index is 0.0331. The molecule has 1 aliphatic heterocycles. The molecule has 1 heterocycles. The van der Waals surface area contributed by atoms with Crippen LogP contribution in [0, 0.1) is 10.8 Å². The third kappa shape index (κ3) is 3.43. The van der Waals surface area contributed by atoms with Crippen molar-refractivity contribution in [1.82, 2.24) is 0 Å². The predicted octanol–water partition coefficient (Wildman–Crippen LogP) is 2.81. The summed E-state index contributed by atoms with van der Waals surface area (Å²) in [5.74, 6) is -3.19. The number of ether oxygens (including phenoxy) is 1. The summed E-state index contributed by atoms with van der Waals surface area (Å²) in [6, 6.07) is 6.02. The standard InChI is InChI=1S/C20H27ClN2O5/c1-4-20(18(26)27)15(11-28-10-9-22)23-12(2)19(3,17(24)25)16(20)13-7-5-6-8-14(13)21/h5-8,15-16H,4,9-11,22H2,1-3H3,(H,24,25)(H,26,27). The van der Waals surface area contributed by atoms with E-state index in [2.05, 4.69) is 4.99 Å². The van der Waals surface area contributed by atoms with Crippen molar-refractivity contribution < 1.29 is 24.5 Å². The highest BCUT2D eigenvalue weighted by atomic mass is 35.5. The highest BCUT2D eigenvalue weighted by Crippen LogP contribution is 2.57. The second-order valence-corrected chi connectivity index (χ2v) is 7.66. The first kappa shape index (κ1) is 22.3. The lowest BCUT2D eigenvalue weighted by Crippen LogP contribution is -2.60. The Morgan fingerprint density at radius 3 is 2.43 bits per heavy atom. The van der Waals surface area contributed by atoms with Crippen molar-refractivity contribution in [2.45, 2.75) is 39.2 Å². The van der Waals surface area contributed by atoms with Gasteiger partial charge in [0.2, 0.25) is 0 Å². The van der Waals surface area contributed by atoms with Crippen molar-refractivity contribution in [3.05, 3.63) is 34.9 Å². The quantitative estimate of drug-likeness (QED) is 0.566. The van der Waals surface area contributed by atoms with Gasteiger partial charge >= 0.3 is 11.9 Å². The van der Waals surface area contributed by atoms with Crippen LogP contribution in [0.15, 0.2) is 29.3 Å². The molecule has 0 saturated heterocycles. The van der Waals surface area contributed by atoms with E-state index in [1.807, 2.05) is 0 Å². The summed E-state index contributed by atoms with van der Waals surface area (Å²) in [5.41, 5.74) is 3.26. The van der Waals surface area contributed by atoms with Crippen LogP contribution in [0.3, 0.4) is 0 Å². The van der Waals surface area contributed by atoms with Crippen LogP contribution >= 0.6 is 11.6 Å². The Morgan fingerprint density at radius 1 is 1.29 bits per heavy atom. The normalized spacial score (nSPS) is 30.0. The Kier molecular flexibility index (Phi) is 6.85. The average molecular weight is 411 g/mol. The summed E-state index contributed by atoms with van der Waals surface area (Å²) in [6.45, 7) is 5.46. The molecular formula is C20H27ClN2O5. The molecule has 0 saturated carbocycles. The molecule has 4 N–H and O–H groups in total. The number of nitrogens with two attached hydrogens (primary N) is 1. The Morgan fingerprint density at radius 2 is 1.93 bits per heavy atom. The van der Waals surface area contributed by atoms with E-state index in [1.165, 1.54) is 6.92 Å². The molecule has 0 amide bonds. The molecule has 4 atom stereocenters. The first-order chi connectivity index (χ1) is 13.2. The van der Waals surface area contributed by atoms with Crippen LogP contribution in [0.1, 0.15) is 38.7 Å². The molecular weight excluding hydrogens is 384 g/mol. The van der Waals surface area contributed by atoms with Crippen molar-refractivity contribution in [1.29, 1.82) is 0 Å². The molecule has 8 heteroatoms. The number of rotatable bonds is 8. The van der Waals surface area contributed by atoms with E-state index in [4.69, 9.17) is 22.1 Å². The van der Waals surface area contributed by atoms with Gasteiger partial charge in [0.1, 0.15) is 10.8 Å². The topological polar surface area (TPSA) is 122 Å². The molecule has 0 radical (unpaired) electrons. The van der Waals surface area contributed by atoms with Gasteiger partial charge in [0.05, 0.1) is 19.3 Å². The minimum atomic E-state index is -1.54. The van der Waals surface area contributed by atoms with Gasteiger partial charge in [0.15, 0.2) is 0 Å². The van der Waals surface area contributed by atoms with Crippen molar-refractivity contribution in [3.8, 4) is 0 Å². The Balaban J connectivity index is 2.82. The van der Waals surface area contributed by atoms with Crippen LogP contribution in [0.2, 0.25) is 5.02 Å². The highest BCUT2D eigenvalue weighted by Gasteiger charge is 2.64. The highest BCUT2D eigenvalue weighted by molar-refractivity contribution is 6.31. The predicted molar refractivity (Wildman–Crippen MR) is 107 cm³/mol. The fourth-order valence-electron chi connectivity index (χ4n) is 4.30. The monoisotopic (exact) mass is 410 g/mol. The molecule has 1 aliphatic rings. The van der Waals surface area contributed by atoms with Crippen LogP contribution in [0.4, 0.5) is 0 Å². The van der Waals surface area contributed by atoms with Gasteiger partial charge < -0.3 is 20.7 Å². The second-order valence-electron chi connectivity index (χ2n) is 7.25. The van der Waals surface area contributed by atoms with Crippen molar-refractivity contribution in [3.63, 3.8) is 0 Å². The molecule has 0 bridgehead atoms. The maximum absolute atomic E-state index is 12.7. The summed E-state index contributed by atoms with van der Waals surface area (Å²) in [6.07, 6.45) is 0.161. The zero-order valence-electron chi connectivity index (χ0n) is 16.3. The summed E-state index contributed by atoms with van der Waals surface area (Å²) >= 11 is 6.43. The van der Waals surface area contributed by atoms with Gasteiger partial charge in [-0.2, -0.15) is 0 Å². The first-order valence-electron chi connectivity index (χ1n) is 9.21. The second kappa shape index (κ2) is 8.59. The SMILES string of the molecule is CCC1(C(=O)O)C(COCCN)N=C(C)C(C)(C(=O)O)C1c1ccccc1Cl. The molecule has 1 aromatic carbocycles. The van der Waals surface area contributed by atoms with Crippen LogP contribution in [0.5, 0.6) is 0 Å². The van der Waals surface area contributed by atoms with E-state index in [-0.39, 0.29) is 19.6 Å². The summed E-state index contributed by atoms with van der Waals surface area (Å²) in [7, 11) is 0. The zero-order chi connectivity index (χ0) is 21.1. The van der Waals surface area contributed by atoms with Gasteiger partial charge in [-0.15, -0.1) is 0 Å². The number of nitrogens with zero attached hydrogens (tertiary/aromatic N) is 1. The molecule has 154 valence electrons. The van der Waals surface area contributed by atoms with Crippen molar-refractivity contribution in [2.24, 2.45) is 21.6 Å². The smallest absolute Gasteiger partial charge is 0.315 e. The van der Waals surface area contributed by atoms with E-state index in [0.29, 0.717) is 22.8 Å². The van der Waals surface area contributed by atoms with Crippen LogP contribution in [-0.4, -0.2) is 53.7 Å². The molecule has 0 spiro atoms. The maximum atomic E-state index is 12.7. The largest absolute Gasteiger partial charge is 0.481 e. The van der Waals surface area contributed by atoms with Gasteiger partial charge in [-0.1, -0.05) is 36.7 Å². The molecule has 7 nitrogen and oxygen atoms in total. The van der Waals surface area contributed by atoms with Gasteiger partial charge in [-0.25, -0.2) is 0 Å². The number of carboxylic acids is 2. The Hall–Kier alpha value is -1.96. The minimum Gasteiger partial charge on any atom is -0.481 e.